The van der Waals surface area contributed by atoms with Crippen LogP contribution in [0, 0.1) is 0 Å². The summed E-state index contributed by atoms with van der Waals surface area (Å²) in [6, 6.07) is 4.44. The molecule has 2 heterocycles. The Bertz CT molecular complexity index is 569. The normalized spacial score (nSPS) is 11.1. The van der Waals surface area contributed by atoms with E-state index < -0.39 is 0 Å². The van der Waals surface area contributed by atoms with Gasteiger partial charge in [0.05, 0.1) is 12.6 Å². The molecule has 0 aliphatic carbocycles. The molecule has 0 aliphatic rings. The van der Waals surface area contributed by atoms with Crippen LogP contribution in [0.3, 0.4) is 0 Å². The van der Waals surface area contributed by atoms with Gasteiger partial charge in [0.1, 0.15) is 12.0 Å². The number of rotatable bonds is 6. The molecule has 0 saturated carbocycles. The first-order valence-electron chi connectivity index (χ1n) is 7.05. The third kappa shape index (κ3) is 3.85. The summed E-state index contributed by atoms with van der Waals surface area (Å²) in [5.41, 5.74) is 6.71. The number of nitrogen functional groups attached to an aromatic ring is 1. The summed E-state index contributed by atoms with van der Waals surface area (Å²) < 4.78 is 5.65. The maximum Gasteiger partial charge on any atom is 0.242 e. The van der Waals surface area contributed by atoms with Crippen molar-refractivity contribution in [2.24, 2.45) is 0 Å². The molecule has 5 nitrogen and oxygen atoms in total. The minimum absolute atomic E-state index is 0.0276. The molecule has 0 atom stereocenters. The van der Waals surface area contributed by atoms with Crippen LogP contribution in [0.5, 0.6) is 5.88 Å². The highest BCUT2D eigenvalue weighted by atomic mass is 32.1. The van der Waals surface area contributed by atoms with Gasteiger partial charge in [0, 0.05) is 10.9 Å². The first kappa shape index (κ1) is 15.6. The lowest BCUT2D eigenvalue weighted by molar-refractivity contribution is 0.234. The van der Waals surface area contributed by atoms with Crippen molar-refractivity contribution in [2.45, 2.75) is 46.4 Å². The molecule has 0 fully saturated rings. The van der Waals surface area contributed by atoms with Crippen LogP contribution in [0.25, 0.3) is 0 Å². The highest BCUT2D eigenvalue weighted by Gasteiger charge is 2.19. The van der Waals surface area contributed by atoms with E-state index in [9.17, 15) is 0 Å². The van der Waals surface area contributed by atoms with E-state index in [1.165, 1.54) is 11.2 Å². The molecule has 0 amide bonds. The monoisotopic (exact) mass is 306 g/mol. The maximum atomic E-state index is 6.21. The van der Waals surface area contributed by atoms with E-state index in [0.717, 1.165) is 12.4 Å². The Morgan fingerprint density at radius 1 is 1.29 bits per heavy atom. The zero-order valence-corrected chi connectivity index (χ0v) is 13.7. The fourth-order valence-electron chi connectivity index (χ4n) is 1.99. The lowest BCUT2D eigenvalue weighted by Gasteiger charge is -2.28. The summed E-state index contributed by atoms with van der Waals surface area (Å²) in [5, 5.41) is 2.07. The zero-order chi connectivity index (χ0) is 15.4. The molecule has 0 aromatic carbocycles. The largest absolute Gasteiger partial charge is 0.473 e. The second kappa shape index (κ2) is 6.76. The molecule has 2 aromatic heterocycles. The van der Waals surface area contributed by atoms with Gasteiger partial charge in [-0.2, -0.15) is 4.98 Å². The highest BCUT2D eigenvalue weighted by Crippen LogP contribution is 2.31. The smallest absolute Gasteiger partial charge is 0.242 e. The Morgan fingerprint density at radius 3 is 2.62 bits per heavy atom. The second-order valence-corrected chi connectivity index (χ2v) is 6.42. The van der Waals surface area contributed by atoms with Gasteiger partial charge in [-0.3, -0.25) is 0 Å². The summed E-state index contributed by atoms with van der Waals surface area (Å²) >= 11 is 1.73. The number of hydrogen-bond donors (Lipinski definition) is 1. The van der Waals surface area contributed by atoms with Crippen LogP contribution >= 0.6 is 11.3 Å². The fourth-order valence-corrected chi connectivity index (χ4v) is 2.69. The second-order valence-electron chi connectivity index (χ2n) is 5.38. The van der Waals surface area contributed by atoms with Crippen molar-refractivity contribution in [2.75, 3.05) is 10.6 Å². The Labute approximate surface area is 129 Å². The van der Waals surface area contributed by atoms with Gasteiger partial charge < -0.3 is 15.4 Å². The van der Waals surface area contributed by atoms with Gasteiger partial charge in [0.2, 0.25) is 5.88 Å². The Morgan fingerprint density at radius 2 is 2.05 bits per heavy atom. The molecule has 0 spiro atoms. The van der Waals surface area contributed by atoms with Crippen molar-refractivity contribution >= 4 is 22.8 Å². The van der Waals surface area contributed by atoms with Crippen LogP contribution in [0.4, 0.5) is 11.5 Å². The molecule has 6 heteroatoms. The van der Waals surface area contributed by atoms with Gasteiger partial charge in [-0.15, -0.1) is 11.3 Å². The minimum atomic E-state index is 0.0276. The van der Waals surface area contributed by atoms with E-state index in [2.05, 4.69) is 46.2 Å². The summed E-state index contributed by atoms with van der Waals surface area (Å²) in [6.45, 7) is 8.92. The molecule has 2 N–H and O–H groups in total. The van der Waals surface area contributed by atoms with Crippen LogP contribution in [0.15, 0.2) is 23.8 Å². The molecule has 0 saturated heterocycles. The average Bonchev–Trinajstić information content (AvgIpc) is 2.91. The third-order valence-electron chi connectivity index (χ3n) is 2.98. The lowest BCUT2D eigenvalue weighted by atomic mass is 10.2. The number of thiophene rings is 1. The van der Waals surface area contributed by atoms with Gasteiger partial charge in [0.15, 0.2) is 5.82 Å². The standard InChI is InChI=1S/C15H22N4OS/c1-10(2)19(8-12-6-5-7-21-12)14-13(16)15(18-9-17-14)20-11(3)4/h5-7,9-11H,8,16H2,1-4H3. The topological polar surface area (TPSA) is 64.3 Å². The van der Waals surface area contributed by atoms with E-state index >= 15 is 0 Å². The number of nitrogens with zero attached hydrogens (tertiary/aromatic N) is 3. The average molecular weight is 306 g/mol. The number of hydrogen-bond acceptors (Lipinski definition) is 6. The van der Waals surface area contributed by atoms with E-state index in [4.69, 9.17) is 10.5 Å². The van der Waals surface area contributed by atoms with Gasteiger partial charge >= 0.3 is 0 Å². The summed E-state index contributed by atoms with van der Waals surface area (Å²) in [6.07, 6.45) is 1.53. The van der Waals surface area contributed by atoms with Crippen molar-refractivity contribution in [3.63, 3.8) is 0 Å². The van der Waals surface area contributed by atoms with Crippen molar-refractivity contribution < 1.29 is 4.74 Å². The number of anilines is 2. The zero-order valence-electron chi connectivity index (χ0n) is 12.9. The Kier molecular flexibility index (Phi) is 5.01. The molecule has 2 rings (SSSR count). The maximum absolute atomic E-state index is 6.21. The van der Waals surface area contributed by atoms with Crippen molar-refractivity contribution in [3.05, 3.63) is 28.7 Å². The first-order chi connectivity index (χ1) is 9.99. The predicted octanol–water partition coefficient (Wildman–Crippen LogP) is 3.32. The Balaban J connectivity index is 2.32. The van der Waals surface area contributed by atoms with Crippen molar-refractivity contribution in [1.29, 1.82) is 0 Å². The first-order valence-corrected chi connectivity index (χ1v) is 7.93. The molecular formula is C15H22N4OS. The predicted molar refractivity (Wildman–Crippen MR) is 87.8 cm³/mol. The molecule has 0 bridgehead atoms. The lowest BCUT2D eigenvalue weighted by Crippen LogP contribution is -2.31. The summed E-state index contributed by atoms with van der Waals surface area (Å²) in [7, 11) is 0. The van der Waals surface area contributed by atoms with Gasteiger partial charge in [-0.05, 0) is 39.1 Å². The van der Waals surface area contributed by atoms with E-state index in [1.54, 1.807) is 11.3 Å². The van der Waals surface area contributed by atoms with E-state index in [0.29, 0.717) is 11.6 Å². The molecule has 0 radical (unpaired) electrons. The van der Waals surface area contributed by atoms with Gasteiger partial charge in [-0.25, -0.2) is 4.98 Å². The molecule has 0 aliphatic heterocycles. The molecular weight excluding hydrogens is 284 g/mol. The quantitative estimate of drug-likeness (QED) is 0.887. The number of aromatic nitrogens is 2. The SMILES string of the molecule is CC(C)Oc1ncnc(N(Cc2cccs2)C(C)C)c1N. The third-order valence-corrected chi connectivity index (χ3v) is 3.84. The van der Waals surface area contributed by atoms with Crippen molar-refractivity contribution in [1.82, 2.24) is 9.97 Å². The Hall–Kier alpha value is -1.82. The van der Waals surface area contributed by atoms with E-state index in [-0.39, 0.29) is 12.1 Å². The number of nitrogens with two attached hydrogens (primary N) is 1. The van der Waals surface area contributed by atoms with Crippen molar-refractivity contribution in [3.8, 4) is 5.88 Å². The van der Waals surface area contributed by atoms with E-state index in [1.807, 2.05) is 13.8 Å². The molecule has 0 unspecified atom stereocenters. The molecule has 2 aromatic rings. The van der Waals surface area contributed by atoms with Gasteiger partial charge in [0.25, 0.3) is 0 Å². The fraction of sp³-hybridized carbons (Fsp3) is 0.467. The minimum Gasteiger partial charge on any atom is -0.473 e. The summed E-state index contributed by atoms with van der Waals surface area (Å²) in [4.78, 5) is 11.9. The molecule has 114 valence electrons. The van der Waals surface area contributed by atoms with Crippen LogP contribution < -0.4 is 15.4 Å². The number of ether oxygens (including phenoxy) is 1. The summed E-state index contributed by atoms with van der Waals surface area (Å²) in [5.74, 6) is 1.18. The van der Waals surface area contributed by atoms with Crippen LogP contribution in [0.1, 0.15) is 32.6 Å². The van der Waals surface area contributed by atoms with Gasteiger partial charge in [-0.1, -0.05) is 6.07 Å². The van der Waals surface area contributed by atoms with Crippen LogP contribution in [-0.4, -0.2) is 22.1 Å². The van der Waals surface area contributed by atoms with Crippen LogP contribution in [0.2, 0.25) is 0 Å². The molecule has 21 heavy (non-hydrogen) atoms. The highest BCUT2D eigenvalue weighted by molar-refractivity contribution is 7.09. The van der Waals surface area contributed by atoms with Crippen LogP contribution in [-0.2, 0) is 6.54 Å².